The fourth-order valence-corrected chi connectivity index (χ4v) is 3.67. The minimum atomic E-state index is -0.833. The Bertz CT molecular complexity index is 606. The molecule has 0 atom stereocenters. The molecule has 1 N–H and O–H groups in total. The maximum absolute atomic E-state index is 11.4. The second-order valence-corrected chi connectivity index (χ2v) is 6.08. The highest BCUT2D eigenvalue weighted by atomic mass is 35.5. The van der Waals surface area contributed by atoms with Crippen LogP contribution in [0.3, 0.4) is 0 Å². The van der Waals surface area contributed by atoms with Gasteiger partial charge in [-0.2, -0.15) is 0 Å². The number of benzene rings is 2. The Kier molecular flexibility index (Phi) is 5.85. The smallest absolute Gasteiger partial charge is 0.116 e. The number of fused-ring (bicyclic) bond motifs is 3. The first kappa shape index (κ1) is 18.0. The standard InChI is InChI=1S/C20H25NO.ClH/c1-3-21(4-2)15-9-14-20(22)18-12-7-5-10-16(18)17-11-6-8-13-19(17)20;/h5-8,10-13,22H,3-4,9,14-15H2,1-2H3;1H. The zero-order valence-corrected chi connectivity index (χ0v) is 14.8. The molecule has 1 aliphatic carbocycles. The molecule has 0 saturated carbocycles. The molecule has 0 unspecified atom stereocenters. The van der Waals surface area contributed by atoms with Crippen LogP contribution in [0.25, 0.3) is 11.1 Å². The molecule has 2 nitrogen and oxygen atoms in total. The Labute approximate surface area is 145 Å². The summed E-state index contributed by atoms with van der Waals surface area (Å²) in [5.74, 6) is 0. The Morgan fingerprint density at radius 3 is 1.83 bits per heavy atom. The monoisotopic (exact) mass is 331 g/mol. The van der Waals surface area contributed by atoms with Crippen LogP contribution in [0.2, 0.25) is 0 Å². The Hall–Kier alpha value is -1.35. The van der Waals surface area contributed by atoms with Crippen LogP contribution in [0, 0.1) is 0 Å². The van der Waals surface area contributed by atoms with E-state index in [0.29, 0.717) is 0 Å². The van der Waals surface area contributed by atoms with Crippen molar-refractivity contribution in [3.05, 3.63) is 59.7 Å². The summed E-state index contributed by atoms with van der Waals surface area (Å²) < 4.78 is 0. The molecule has 0 radical (unpaired) electrons. The lowest BCUT2D eigenvalue weighted by Gasteiger charge is -2.27. The molecule has 0 amide bonds. The largest absolute Gasteiger partial charge is 0.380 e. The van der Waals surface area contributed by atoms with E-state index in [0.717, 1.165) is 43.6 Å². The van der Waals surface area contributed by atoms with Crippen molar-refractivity contribution in [2.75, 3.05) is 19.6 Å². The normalized spacial score (nSPS) is 14.3. The first-order chi connectivity index (χ1) is 10.7. The third kappa shape index (κ3) is 3.16. The van der Waals surface area contributed by atoms with E-state index < -0.39 is 5.60 Å². The predicted molar refractivity (Wildman–Crippen MR) is 99.1 cm³/mol. The number of hydrogen-bond donors (Lipinski definition) is 1. The third-order valence-corrected chi connectivity index (χ3v) is 4.94. The van der Waals surface area contributed by atoms with Gasteiger partial charge >= 0.3 is 0 Å². The van der Waals surface area contributed by atoms with E-state index in [-0.39, 0.29) is 12.4 Å². The average Bonchev–Trinajstić information content (AvgIpc) is 2.82. The van der Waals surface area contributed by atoms with Crippen molar-refractivity contribution in [3.63, 3.8) is 0 Å². The van der Waals surface area contributed by atoms with Gasteiger partial charge < -0.3 is 10.0 Å². The van der Waals surface area contributed by atoms with E-state index in [1.54, 1.807) is 0 Å². The fourth-order valence-electron chi connectivity index (χ4n) is 3.67. The summed E-state index contributed by atoms with van der Waals surface area (Å²) in [6.07, 6.45) is 1.78. The van der Waals surface area contributed by atoms with Crippen LogP contribution < -0.4 is 0 Å². The number of aliphatic hydroxyl groups is 1. The molecule has 0 aromatic heterocycles. The van der Waals surface area contributed by atoms with Crippen LogP contribution in [-0.4, -0.2) is 29.6 Å². The van der Waals surface area contributed by atoms with E-state index in [4.69, 9.17) is 0 Å². The maximum Gasteiger partial charge on any atom is 0.116 e. The highest BCUT2D eigenvalue weighted by molar-refractivity contribution is 5.85. The van der Waals surface area contributed by atoms with Gasteiger partial charge in [0.25, 0.3) is 0 Å². The van der Waals surface area contributed by atoms with Crippen LogP contribution in [-0.2, 0) is 5.60 Å². The molecule has 3 rings (SSSR count). The van der Waals surface area contributed by atoms with Crippen molar-refractivity contribution in [1.29, 1.82) is 0 Å². The SMILES string of the molecule is CCN(CC)CCCC1(O)c2ccccc2-c2ccccc21.Cl. The number of hydrogen-bond acceptors (Lipinski definition) is 2. The molecule has 0 heterocycles. The second-order valence-electron chi connectivity index (χ2n) is 6.08. The molecule has 0 fully saturated rings. The van der Waals surface area contributed by atoms with Crippen molar-refractivity contribution in [2.45, 2.75) is 32.3 Å². The number of rotatable bonds is 6. The molecule has 1 aliphatic rings. The van der Waals surface area contributed by atoms with E-state index >= 15 is 0 Å². The van der Waals surface area contributed by atoms with Crippen LogP contribution in [0.4, 0.5) is 0 Å². The van der Waals surface area contributed by atoms with Gasteiger partial charge in [0.2, 0.25) is 0 Å². The zero-order chi connectivity index (χ0) is 15.6. The molecule has 2 aromatic rings. The first-order valence-electron chi connectivity index (χ1n) is 8.34. The molecule has 3 heteroatoms. The van der Waals surface area contributed by atoms with E-state index in [2.05, 4.69) is 55.1 Å². The van der Waals surface area contributed by atoms with Crippen molar-refractivity contribution in [1.82, 2.24) is 4.90 Å². The van der Waals surface area contributed by atoms with Gasteiger partial charge in [0.15, 0.2) is 0 Å². The summed E-state index contributed by atoms with van der Waals surface area (Å²) in [6, 6.07) is 16.6. The molecule has 23 heavy (non-hydrogen) atoms. The van der Waals surface area contributed by atoms with Crippen LogP contribution in [0.5, 0.6) is 0 Å². The summed E-state index contributed by atoms with van der Waals surface area (Å²) in [4.78, 5) is 2.41. The van der Waals surface area contributed by atoms with Gasteiger partial charge in [-0.1, -0.05) is 62.4 Å². The van der Waals surface area contributed by atoms with Crippen molar-refractivity contribution in [3.8, 4) is 11.1 Å². The minimum absolute atomic E-state index is 0. The molecule has 0 spiro atoms. The van der Waals surface area contributed by atoms with Gasteiger partial charge in [-0.3, -0.25) is 0 Å². The van der Waals surface area contributed by atoms with Crippen LogP contribution in [0.15, 0.2) is 48.5 Å². The Morgan fingerprint density at radius 1 is 0.870 bits per heavy atom. The highest BCUT2D eigenvalue weighted by Gasteiger charge is 2.40. The van der Waals surface area contributed by atoms with Gasteiger partial charge in [0.1, 0.15) is 5.60 Å². The van der Waals surface area contributed by atoms with Gasteiger partial charge in [0, 0.05) is 0 Å². The molecule has 124 valence electrons. The van der Waals surface area contributed by atoms with Gasteiger partial charge in [0.05, 0.1) is 0 Å². The summed E-state index contributed by atoms with van der Waals surface area (Å²) in [5, 5.41) is 11.4. The quantitative estimate of drug-likeness (QED) is 0.845. The summed E-state index contributed by atoms with van der Waals surface area (Å²) in [5.41, 5.74) is 3.67. The Balaban J connectivity index is 0.00000192. The summed E-state index contributed by atoms with van der Waals surface area (Å²) in [6.45, 7) is 7.57. The molecular formula is C20H26ClNO. The zero-order valence-electron chi connectivity index (χ0n) is 14.0. The molecule has 0 bridgehead atoms. The van der Waals surface area contributed by atoms with Crippen molar-refractivity contribution < 1.29 is 5.11 Å². The van der Waals surface area contributed by atoms with E-state index in [1.165, 1.54) is 11.1 Å². The van der Waals surface area contributed by atoms with Crippen molar-refractivity contribution >= 4 is 12.4 Å². The topological polar surface area (TPSA) is 23.5 Å². The number of nitrogens with zero attached hydrogens (tertiary/aromatic N) is 1. The fraction of sp³-hybridized carbons (Fsp3) is 0.400. The second kappa shape index (κ2) is 7.48. The van der Waals surface area contributed by atoms with Gasteiger partial charge in [-0.05, 0) is 54.7 Å². The van der Waals surface area contributed by atoms with Gasteiger partial charge in [-0.15, -0.1) is 12.4 Å². The summed E-state index contributed by atoms with van der Waals surface area (Å²) >= 11 is 0. The molecule has 2 aromatic carbocycles. The molecule has 0 aliphatic heterocycles. The number of halogens is 1. The Morgan fingerprint density at radius 2 is 1.35 bits per heavy atom. The minimum Gasteiger partial charge on any atom is -0.380 e. The summed E-state index contributed by atoms with van der Waals surface area (Å²) in [7, 11) is 0. The molecule has 0 saturated heterocycles. The lowest BCUT2D eigenvalue weighted by Crippen LogP contribution is -2.29. The van der Waals surface area contributed by atoms with E-state index in [9.17, 15) is 5.11 Å². The third-order valence-electron chi connectivity index (χ3n) is 4.94. The lowest BCUT2D eigenvalue weighted by molar-refractivity contribution is 0.0698. The van der Waals surface area contributed by atoms with E-state index in [1.807, 2.05) is 12.1 Å². The maximum atomic E-state index is 11.4. The predicted octanol–water partition coefficient (Wildman–Crippen LogP) is 4.45. The van der Waals surface area contributed by atoms with Crippen molar-refractivity contribution in [2.24, 2.45) is 0 Å². The van der Waals surface area contributed by atoms with Crippen LogP contribution >= 0.6 is 12.4 Å². The average molecular weight is 332 g/mol. The first-order valence-corrected chi connectivity index (χ1v) is 8.34. The lowest BCUT2D eigenvalue weighted by atomic mass is 9.87. The van der Waals surface area contributed by atoms with Crippen LogP contribution in [0.1, 0.15) is 37.8 Å². The van der Waals surface area contributed by atoms with Gasteiger partial charge in [-0.25, -0.2) is 0 Å². The highest BCUT2D eigenvalue weighted by Crippen LogP contribution is 2.49. The molecular weight excluding hydrogens is 306 g/mol.